The van der Waals surface area contributed by atoms with Gasteiger partial charge in [-0.05, 0) is 31.0 Å². The molecule has 0 aliphatic heterocycles. The highest BCUT2D eigenvalue weighted by molar-refractivity contribution is 5.20. The Bertz CT molecular complexity index is 538. The number of nitrogens with one attached hydrogen (secondary N) is 1. The Balaban J connectivity index is 2.22. The first-order chi connectivity index (χ1) is 9.76. The van der Waals surface area contributed by atoms with Crippen LogP contribution in [0.25, 0.3) is 0 Å². The minimum absolute atomic E-state index is 0.0263. The quantitative estimate of drug-likeness (QED) is 0.845. The summed E-state index contributed by atoms with van der Waals surface area (Å²) >= 11 is 0. The molecule has 5 heteroatoms. The van der Waals surface area contributed by atoms with Crippen molar-refractivity contribution < 1.29 is 4.39 Å². The van der Waals surface area contributed by atoms with E-state index in [-0.39, 0.29) is 11.9 Å². The molecule has 20 heavy (non-hydrogen) atoms. The molecule has 0 spiro atoms. The first-order valence-corrected chi connectivity index (χ1v) is 7.11. The van der Waals surface area contributed by atoms with Crippen LogP contribution in [0.1, 0.15) is 37.6 Å². The van der Waals surface area contributed by atoms with Crippen molar-refractivity contribution in [1.82, 2.24) is 20.3 Å². The van der Waals surface area contributed by atoms with Gasteiger partial charge in [0.1, 0.15) is 5.82 Å². The van der Waals surface area contributed by atoms with Crippen LogP contribution in [0.4, 0.5) is 4.39 Å². The van der Waals surface area contributed by atoms with E-state index in [1.165, 1.54) is 6.07 Å². The molecule has 0 fully saturated rings. The zero-order valence-electron chi connectivity index (χ0n) is 12.0. The molecule has 0 amide bonds. The molecule has 0 radical (unpaired) electrons. The van der Waals surface area contributed by atoms with Crippen molar-refractivity contribution in [2.24, 2.45) is 0 Å². The molecule has 1 aromatic heterocycles. The fourth-order valence-electron chi connectivity index (χ4n) is 2.33. The van der Waals surface area contributed by atoms with E-state index in [0.29, 0.717) is 12.0 Å². The van der Waals surface area contributed by atoms with Gasteiger partial charge in [-0.2, -0.15) is 0 Å². The van der Waals surface area contributed by atoms with Gasteiger partial charge in [0.05, 0.1) is 17.9 Å². The van der Waals surface area contributed by atoms with E-state index in [0.717, 1.165) is 25.2 Å². The van der Waals surface area contributed by atoms with Crippen molar-refractivity contribution in [1.29, 1.82) is 0 Å². The summed E-state index contributed by atoms with van der Waals surface area (Å²) in [6.45, 7) is 5.79. The first-order valence-electron chi connectivity index (χ1n) is 7.11. The Labute approximate surface area is 119 Å². The Morgan fingerprint density at radius 1 is 1.30 bits per heavy atom. The summed E-state index contributed by atoms with van der Waals surface area (Å²) in [5.74, 6) is -0.162. The molecule has 1 aromatic carbocycles. The van der Waals surface area contributed by atoms with Crippen LogP contribution >= 0.6 is 0 Å². The van der Waals surface area contributed by atoms with Crippen LogP contribution in [0.5, 0.6) is 0 Å². The third kappa shape index (κ3) is 3.42. The number of aryl methyl sites for hydroxylation is 1. The van der Waals surface area contributed by atoms with Gasteiger partial charge in [0.15, 0.2) is 0 Å². The normalized spacial score (nSPS) is 12.6. The maximum Gasteiger partial charge on any atom is 0.126 e. The second kappa shape index (κ2) is 7.14. The Kier molecular flexibility index (Phi) is 5.24. The van der Waals surface area contributed by atoms with E-state index in [1.54, 1.807) is 12.3 Å². The molecule has 0 saturated carbocycles. The van der Waals surface area contributed by atoms with Gasteiger partial charge in [0.25, 0.3) is 0 Å². The zero-order chi connectivity index (χ0) is 14.4. The van der Waals surface area contributed by atoms with E-state index in [4.69, 9.17) is 0 Å². The average Bonchev–Trinajstić information content (AvgIpc) is 2.89. The number of rotatable bonds is 7. The topological polar surface area (TPSA) is 42.7 Å². The summed E-state index contributed by atoms with van der Waals surface area (Å²) in [6.07, 6.45) is 3.36. The van der Waals surface area contributed by atoms with Gasteiger partial charge in [-0.25, -0.2) is 9.07 Å². The van der Waals surface area contributed by atoms with Crippen LogP contribution in [0.15, 0.2) is 30.5 Å². The van der Waals surface area contributed by atoms with Crippen LogP contribution in [-0.4, -0.2) is 21.5 Å². The number of hydrogen-bond donors (Lipinski definition) is 1. The van der Waals surface area contributed by atoms with Crippen molar-refractivity contribution in [3.8, 4) is 0 Å². The van der Waals surface area contributed by atoms with Crippen LogP contribution in [0.3, 0.4) is 0 Å². The summed E-state index contributed by atoms with van der Waals surface area (Å²) in [6, 6.07) is 6.93. The Hall–Kier alpha value is -1.75. The third-order valence-electron chi connectivity index (χ3n) is 3.27. The summed E-state index contributed by atoms with van der Waals surface area (Å²) < 4.78 is 15.7. The number of halogens is 1. The van der Waals surface area contributed by atoms with Crippen molar-refractivity contribution in [2.75, 3.05) is 6.54 Å². The fourth-order valence-corrected chi connectivity index (χ4v) is 2.33. The minimum Gasteiger partial charge on any atom is -0.309 e. The SMILES string of the molecule is CCCn1nncc1C(Cc1ccccc1F)NCC. The van der Waals surface area contributed by atoms with Crippen molar-refractivity contribution >= 4 is 0 Å². The lowest BCUT2D eigenvalue weighted by Gasteiger charge is -2.19. The second-order valence-electron chi connectivity index (χ2n) is 4.79. The van der Waals surface area contributed by atoms with Crippen LogP contribution in [-0.2, 0) is 13.0 Å². The molecule has 1 heterocycles. The van der Waals surface area contributed by atoms with Crippen molar-refractivity contribution in [3.05, 3.63) is 47.5 Å². The lowest BCUT2D eigenvalue weighted by Crippen LogP contribution is -2.26. The molecule has 2 aromatic rings. The van der Waals surface area contributed by atoms with Gasteiger partial charge in [0, 0.05) is 6.54 Å². The highest BCUT2D eigenvalue weighted by atomic mass is 19.1. The van der Waals surface area contributed by atoms with E-state index < -0.39 is 0 Å². The van der Waals surface area contributed by atoms with Crippen molar-refractivity contribution in [2.45, 2.75) is 39.3 Å². The second-order valence-corrected chi connectivity index (χ2v) is 4.79. The molecule has 0 aliphatic carbocycles. The highest BCUT2D eigenvalue weighted by Gasteiger charge is 2.18. The van der Waals surface area contributed by atoms with Gasteiger partial charge in [-0.15, -0.1) is 5.10 Å². The molecule has 108 valence electrons. The maximum atomic E-state index is 13.8. The van der Waals surface area contributed by atoms with Gasteiger partial charge >= 0.3 is 0 Å². The predicted molar refractivity (Wildman–Crippen MR) is 76.8 cm³/mol. The number of aromatic nitrogens is 3. The summed E-state index contributed by atoms with van der Waals surface area (Å²) in [7, 11) is 0. The van der Waals surface area contributed by atoms with E-state index >= 15 is 0 Å². The molecule has 0 bridgehead atoms. The highest BCUT2D eigenvalue weighted by Crippen LogP contribution is 2.19. The zero-order valence-corrected chi connectivity index (χ0v) is 12.0. The third-order valence-corrected chi connectivity index (χ3v) is 3.27. The van der Waals surface area contributed by atoms with E-state index in [9.17, 15) is 4.39 Å². The Morgan fingerprint density at radius 3 is 2.80 bits per heavy atom. The van der Waals surface area contributed by atoms with E-state index in [2.05, 4.69) is 22.6 Å². The van der Waals surface area contributed by atoms with Crippen molar-refractivity contribution in [3.63, 3.8) is 0 Å². The van der Waals surface area contributed by atoms with Crippen LogP contribution in [0, 0.1) is 5.82 Å². The smallest absolute Gasteiger partial charge is 0.126 e. The molecular weight excluding hydrogens is 255 g/mol. The lowest BCUT2D eigenvalue weighted by atomic mass is 10.0. The molecular formula is C15H21FN4. The van der Waals surface area contributed by atoms with Gasteiger partial charge in [-0.3, -0.25) is 0 Å². The standard InChI is InChI=1S/C15H21FN4/c1-3-9-20-15(11-18-19-20)14(17-4-2)10-12-7-5-6-8-13(12)16/h5-8,11,14,17H,3-4,9-10H2,1-2H3. The molecule has 4 nitrogen and oxygen atoms in total. The molecule has 0 saturated heterocycles. The fraction of sp³-hybridized carbons (Fsp3) is 0.467. The molecule has 0 aliphatic rings. The van der Waals surface area contributed by atoms with Crippen LogP contribution in [0.2, 0.25) is 0 Å². The Morgan fingerprint density at radius 2 is 2.10 bits per heavy atom. The molecule has 1 unspecified atom stereocenters. The number of benzene rings is 1. The van der Waals surface area contributed by atoms with Gasteiger partial charge in [-0.1, -0.05) is 37.3 Å². The first kappa shape index (κ1) is 14.7. The lowest BCUT2D eigenvalue weighted by molar-refractivity contribution is 0.467. The van der Waals surface area contributed by atoms with Gasteiger partial charge in [0.2, 0.25) is 0 Å². The maximum absolute atomic E-state index is 13.8. The summed E-state index contributed by atoms with van der Waals surface area (Å²) in [5, 5.41) is 11.5. The number of nitrogens with zero attached hydrogens (tertiary/aromatic N) is 3. The average molecular weight is 276 g/mol. The van der Waals surface area contributed by atoms with Crippen LogP contribution < -0.4 is 5.32 Å². The minimum atomic E-state index is -0.162. The number of hydrogen-bond acceptors (Lipinski definition) is 3. The molecule has 2 rings (SSSR count). The predicted octanol–water partition coefficient (Wildman–Crippen LogP) is 2.72. The summed E-state index contributed by atoms with van der Waals surface area (Å²) in [4.78, 5) is 0. The van der Waals surface area contributed by atoms with E-state index in [1.807, 2.05) is 23.7 Å². The summed E-state index contributed by atoms with van der Waals surface area (Å²) in [5.41, 5.74) is 1.72. The molecule has 1 atom stereocenters. The number of likely N-dealkylation sites (N-methyl/N-ethyl adjacent to an activating group) is 1. The molecule has 1 N–H and O–H groups in total. The monoisotopic (exact) mass is 276 g/mol. The van der Waals surface area contributed by atoms with Gasteiger partial charge < -0.3 is 5.32 Å². The largest absolute Gasteiger partial charge is 0.309 e.